The van der Waals surface area contributed by atoms with Gasteiger partial charge in [-0.2, -0.15) is 0 Å². The Bertz CT molecular complexity index is 763. The first-order valence-electron chi connectivity index (χ1n) is 5.84. The number of benzene rings is 2. The van der Waals surface area contributed by atoms with Crippen molar-refractivity contribution in [3.05, 3.63) is 59.1 Å². The number of fused-ring (bicyclic) bond motifs is 1. The van der Waals surface area contributed by atoms with E-state index >= 15 is 0 Å². The minimum atomic E-state index is -4.26. The van der Waals surface area contributed by atoms with Gasteiger partial charge in [0.2, 0.25) is 0 Å². The third-order valence-electron chi connectivity index (χ3n) is 3.01. The summed E-state index contributed by atoms with van der Waals surface area (Å²) < 4.78 is 41.5. The Kier molecular flexibility index (Phi) is 4.66. The fraction of sp³-hybridized carbons (Fsp3) is 0.0667. The summed E-state index contributed by atoms with van der Waals surface area (Å²) in [6.45, 7) is 0. The van der Waals surface area contributed by atoms with Gasteiger partial charge in [0.15, 0.2) is 9.58 Å². The summed E-state index contributed by atoms with van der Waals surface area (Å²) in [7, 11) is -1.87. The Labute approximate surface area is 137 Å². The van der Waals surface area contributed by atoms with Gasteiger partial charge >= 0.3 is 5.51 Å². The van der Waals surface area contributed by atoms with E-state index in [4.69, 9.17) is 0 Å². The van der Waals surface area contributed by atoms with Crippen LogP contribution in [-0.2, 0) is 5.51 Å². The SMILES string of the molecule is FC(F)(F)[s+]1c(-c2ccc(Br)cc2)cc2ccccc21.[Cl-]. The van der Waals surface area contributed by atoms with Crippen LogP contribution in [-0.4, -0.2) is 0 Å². The molecular weight excluding hydrogens is 385 g/mol. The number of halogens is 5. The van der Waals surface area contributed by atoms with Crippen molar-refractivity contribution in [3.8, 4) is 10.4 Å². The monoisotopic (exact) mass is 392 g/mol. The first-order valence-corrected chi connectivity index (χ1v) is 7.86. The molecule has 3 aromatic rings. The fourth-order valence-electron chi connectivity index (χ4n) is 2.17. The topological polar surface area (TPSA) is 0 Å². The molecule has 0 amide bonds. The highest BCUT2D eigenvalue weighted by Gasteiger charge is 2.48. The third kappa shape index (κ3) is 3.10. The van der Waals surface area contributed by atoms with Crippen LogP contribution in [0.4, 0.5) is 13.2 Å². The molecule has 0 N–H and O–H groups in total. The summed E-state index contributed by atoms with van der Waals surface area (Å²) in [5, 5.41) is 0.658. The molecule has 1 atom stereocenters. The number of alkyl halides is 3. The van der Waals surface area contributed by atoms with Crippen molar-refractivity contribution in [2.75, 3.05) is 0 Å². The predicted octanol–water partition coefficient (Wildman–Crippen LogP) is 3.50. The normalized spacial score (nSPS) is 12.3. The minimum absolute atomic E-state index is 0. The van der Waals surface area contributed by atoms with E-state index in [2.05, 4.69) is 15.9 Å². The van der Waals surface area contributed by atoms with E-state index in [0.717, 1.165) is 4.47 Å². The predicted molar refractivity (Wildman–Crippen MR) is 80.9 cm³/mol. The van der Waals surface area contributed by atoms with Crippen molar-refractivity contribution in [2.45, 2.75) is 5.51 Å². The van der Waals surface area contributed by atoms with E-state index in [0.29, 0.717) is 20.5 Å². The first-order chi connectivity index (χ1) is 9.47. The Hall–Kier alpha value is -1.04. The molecule has 21 heavy (non-hydrogen) atoms. The van der Waals surface area contributed by atoms with Gasteiger partial charge < -0.3 is 12.4 Å². The Morgan fingerprint density at radius 1 is 0.905 bits per heavy atom. The van der Waals surface area contributed by atoms with Gasteiger partial charge in [-0.1, -0.05) is 28.1 Å². The van der Waals surface area contributed by atoms with Crippen molar-refractivity contribution in [3.63, 3.8) is 0 Å². The molecule has 0 aliphatic carbocycles. The molecule has 6 heteroatoms. The summed E-state index contributed by atoms with van der Waals surface area (Å²) in [5.74, 6) is 0. The van der Waals surface area contributed by atoms with E-state index in [1.54, 1.807) is 54.6 Å². The molecule has 1 aromatic heterocycles. The molecule has 0 nitrogen and oxygen atoms in total. The van der Waals surface area contributed by atoms with Crippen LogP contribution < -0.4 is 12.4 Å². The van der Waals surface area contributed by atoms with Crippen LogP contribution in [0.1, 0.15) is 0 Å². The highest BCUT2D eigenvalue weighted by Crippen LogP contribution is 2.54. The molecule has 110 valence electrons. The Morgan fingerprint density at radius 2 is 1.52 bits per heavy atom. The number of rotatable bonds is 1. The first kappa shape index (κ1) is 16.3. The van der Waals surface area contributed by atoms with Crippen molar-refractivity contribution in [1.29, 1.82) is 0 Å². The summed E-state index contributed by atoms with van der Waals surface area (Å²) in [6, 6.07) is 15.3. The second-order valence-electron chi connectivity index (χ2n) is 4.31. The van der Waals surface area contributed by atoms with Gasteiger partial charge in [0.1, 0.15) is 10.5 Å². The van der Waals surface area contributed by atoms with Gasteiger partial charge in [-0.15, -0.1) is 13.2 Å². The molecule has 0 saturated heterocycles. The number of hydrogen-bond donors (Lipinski definition) is 0. The molecule has 1 unspecified atom stereocenters. The van der Waals surface area contributed by atoms with Gasteiger partial charge in [-0.25, -0.2) is 0 Å². The molecule has 0 saturated carbocycles. The van der Waals surface area contributed by atoms with Crippen LogP contribution in [0.15, 0.2) is 59.1 Å². The van der Waals surface area contributed by atoms with Gasteiger partial charge in [-0.3, -0.25) is 0 Å². The van der Waals surface area contributed by atoms with Gasteiger partial charge in [0.05, 0.1) is 0 Å². The molecule has 0 fully saturated rings. The lowest BCUT2D eigenvalue weighted by Gasteiger charge is -2.00. The molecule has 0 radical (unpaired) electrons. The van der Waals surface area contributed by atoms with Gasteiger partial charge in [0.25, 0.3) is 0 Å². The summed E-state index contributed by atoms with van der Waals surface area (Å²) >= 11 is 3.30. The van der Waals surface area contributed by atoms with E-state index in [-0.39, 0.29) is 12.4 Å². The zero-order chi connectivity index (χ0) is 14.3. The average molecular weight is 394 g/mol. The van der Waals surface area contributed by atoms with Crippen LogP contribution in [0.5, 0.6) is 0 Å². The van der Waals surface area contributed by atoms with Gasteiger partial charge in [-0.05, 0) is 36.4 Å². The minimum Gasteiger partial charge on any atom is -1.00 e. The van der Waals surface area contributed by atoms with Crippen molar-refractivity contribution in [2.24, 2.45) is 0 Å². The van der Waals surface area contributed by atoms with E-state index in [9.17, 15) is 13.2 Å². The molecular formula is C15H9BrClF3S. The standard InChI is InChI=1S/C15H9BrF3S.ClH/c16-12-7-5-10(6-8-12)14-9-11-3-1-2-4-13(11)20(14)15(17,18)19;/h1-9H;1H/q+1;/p-1. The van der Waals surface area contributed by atoms with Crippen LogP contribution in [0.25, 0.3) is 20.5 Å². The van der Waals surface area contributed by atoms with Crippen LogP contribution in [0, 0.1) is 0 Å². The third-order valence-corrected chi connectivity index (χ3v) is 5.60. The average Bonchev–Trinajstić information content (AvgIpc) is 2.78. The summed E-state index contributed by atoms with van der Waals surface area (Å²) in [4.78, 5) is 0.339. The zero-order valence-corrected chi connectivity index (χ0v) is 13.7. The Morgan fingerprint density at radius 3 is 2.14 bits per heavy atom. The lowest BCUT2D eigenvalue weighted by Crippen LogP contribution is -3.00. The molecule has 2 aromatic carbocycles. The molecule has 3 rings (SSSR count). The Balaban J connectivity index is 0.00000161. The maximum absolute atomic E-state index is 13.4. The largest absolute Gasteiger partial charge is 1.00 e. The van der Waals surface area contributed by atoms with Crippen LogP contribution in [0.2, 0.25) is 0 Å². The smallest absolute Gasteiger partial charge is 0.601 e. The quantitative estimate of drug-likeness (QED) is 0.555. The van der Waals surface area contributed by atoms with E-state index in [1.165, 1.54) is 0 Å². The molecule has 1 heterocycles. The highest BCUT2D eigenvalue weighted by atomic mass is 79.9. The maximum atomic E-state index is 13.4. The molecule has 0 aliphatic rings. The van der Waals surface area contributed by atoms with Crippen LogP contribution in [0.3, 0.4) is 0 Å². The number of hydrogen-bond acceptors (Lipinski definition) is 0. The van der Waals surface area contributed by atoms with Gasteiger partial charge in [0, 0.05) is 21.5 Å². The fourth-order valence-corrected chi connectivity index (χ4v) is 4.36. The molecule has 0 bridgehead atoms. The van der Waals surface area contributed by atoms with Crippen molar-refractivity contribution < 1.29 is 25.6 Å². The lowest BCUT2D eigenvalue weighted by molar-refractivity contribution is -0.0864. The summed E-state index contributed by atoms with van der Waals surface area (Å²) in [6.07, 6.45) is 0. The maximum Gasteiger partial charge on any atom is 0.601 e. The van der Waals surface area contributed by atoms with E-state index in [1.807, 2.05) is 0 Å². The summed E-state index contributed by atoms with van der Waals surface area (Å²) in [5.41, 5.74) is -3.64. The lowest BCUT2D eigenvalue weighted by atomic mass is 10.1. The molecule has 0 spiro atoms. The van der Waals surface area contributed by atoms with Crippen LogP contribution >= 0.6 is 26.4 Å². The van der Waals surface area contributed by atoms with Crippen molar-refractivity contribution >= 4 is 36.5 Å². The van der Waals surface area contributed by atoms with Crippen molar-refractivity contribution in [1.82, 2.24) is 0 Å². The second kappa shape index (κ2) is 5.99. The molecule has 0 aliphatic heterocycles. The highest BCUT2D eigenvalue weighted by molar-refractivity contribution is 9.10. The number of thiophene rings is 1. The second-order valence-corrected chi connectivity index (χ2v) is 7.18. The zero-order valence-electron chi connectivity index (χ0n) is 10.5. The van der Waals surface area contributed by atoms with E-state index < -0.39 is 16.0 Å².